The number of methoxy groups -OCH3 is 1. The number of aryl methyl sites for hydroxylation is 2. The molecule has 0 saturated carbocycles. The number of nitrogens with zero attached hydrogens (tertiary/aromatic N) is 1. The maximum Gasteiger partial charge on any atom is 0.129 e. The lowest BCUT2D eigenvalue weighted by molar-refractivity contribution is 0.417. The molecule has 1 heterocycles. The van der Waals surface area contributed by atoms with Crippen molar-refractivity contribution in [1.29, 1.82) is 0 Å². The van der Waals surface area contributed by atoms with E-state index in [9.17, 15) is 0 Å². The summed E-state index contributed by atoms with van der Waals surface area (Å²) in [5.74, 6) is 0.801. The molecule has 0 aliphatic heterocycles. The second-order valence-corrected chi connectivity index (χ2v) is 6.35. The summed E-state index contributed by atoms with van der Waals surface area (Å²) < 4.78 is 6.67. The summed E-state index contributed by atoms with van der Waals surface area (Å²) in [6, 6.07) is 10.0. The van der Waals surface area contributed by atoms with Gasteiger partial charge in [0.25, 0.3) is 0 Å². The highest BCUT2D eigenvalue weighted by Crippen LogP contribution is 2.41. The van der Waals surface area contributed by atoms with E-state index in [2.05, 4.69) is 18.0 Å². The molecule has 0 fully saturated rings. The third kappa shape index (κ3) is 2.17. The fraction of sp³-hybridized carbons (Fsp3) is 0.188. The van der Waals surface area contributed by atoms with Crippen molar-refractivity contribution < 1.29 is 4.74 Å². The molecule has 0 saturated heterocycles. The summed E-state index contributed by atoms with van der Waals surface area (Å²) in [7, 11) is 1.67. The van der Waals surface area contributed by atoms with Gasteiger partial charge in [0.05, 0.1) is 27.9 Å². The van der Waals surface area contributed by atoms with Crippen LogP contribution in [0.25, 0.3) is 21.3 Å². The van der Waals surface area contributed by atoms with Crippen molar-refractivity contribution in [1.82, 2.24) is 4.98 Å². The molecule has 0 aliphatic carbocycles. The van der Waals surface area contributed by atoms with Crippen LogP contribution in [-0.4, -0.2) is 12.1 Å². The van der Waals surface area contributed by atoms with Gasteiger partial charge in [0.1, 0.15) is 5.75 Å². The van der Waals surface area contributed by atoms with Crippen LogP contribution in [0.15, 0.2) is 30.3 Å². The minimum absolute atomic E-state index is 0.715. The third-order valence-corrected chi connectivity index (χ3v) is 4.51. The van der Waals surface area contributed by atoms with Gasteiger partial charge in [-0.15, -0.1) is 11.3 Å². The minimum atomic E-state index is 0.715. The van der Waals surface area contributed by atoms with E-state index in [0.29, 0.717) is 5.02 Å². The van der Waals surface area contributed by atoms with E-state index in [1.807, 2.05) is 31.2 Å². The average molecular weight is 304 g/mol. The highest BCUT2D eigenvalue weighted by Gasteiger charge is 2.16. The molecule has 4 heteroatoms. The summed E-state index contributed by atoms with van der Waals surface area (Å²) in [6.45, 7) is 4.07. The SMILES string of the molecule is COc1ccc2sc(C)nc2c1-c1cc(C)ccc1Cl. The smallest absolute Gasteiger partial charge is 0.129 e. The zero-order valence-electron chi connectivity index (χ0n) is 11.5. The summed E-state index contributed by atoms with van der Waals surface area (Å²) in [5, 5.41) is 1.75. The Morgan fingerprint density at radius 2 is 1.95 bits per heavy atom. The van der Waals surface area contributed by atoms with Gasteiger partial charge in [-0.05, 0) is 38.1 Å². The van der Waals surface area contributed by atoms with Gasteiger partial charge in [-0.25, -0.2) is 4.98 Å². The van der Waals surface area contributed by atoms with Gasteiger partial charge >= 0.3 is 0 Å². The molecule has 3 rings (SSSR count). The number of thiazole rings is 1. The second-order valence-electron chi connectivity index (χ2n) is 4.71. The zero-order valence-corrected chi connectivity index (χ0v) is 13.1. The molecule has 0 amide bonds. The van der Waals surface area contributed by atoms with E-state index >= 15 is 0 Å². The molecule has 2 nitrogen and oxygen atoms in total. The number of rotatable bonds is 2. The van der Waals surface area contributed by atoms with Crippen LogP contribution in [0.2, 0.25) is 5.02 Å². The first-order valence-electron chi connectivity index (χ1n) is 6.31. The Morgan fingerprint density at radius 1 is 1.15 bits per heavy atom. The Hall–Kier alpha value is -1.58. The van der Waals surface area contributed by atoms with E-state index < -0.39 is 0 Å². The van der Waals surface area contributed by atoms with E-state index in [1.165, 1.54) is 0 Å². The second kappa shape index (κ2) is 5.08. The van der Waals surface area contributed by atoms with Gasteiger partial charge in [-0.1, -0.05) is 23.2 Å². The Balaban J connectivity index is 2.41. The van der Waals surface area contributed by atoms with Crippen molar-refractivity contribution in [2.45, 2.75) is 13.8 Å². The van der Waals surface area contributed by atoms with Crippen LogP contribution in [0, 0.1) is 13.8 Å². The molecule has 0 atom stereocenters. The van der Waals surface area contributed by atoms with Gasteiger partial charge in [0, 0.05) is 10.6 Å². The van der Waals surface area contributed by atoms with Crippen LogP contribution >= 0.6 is 22.9 Å². The molecule has 3 aromatic rings. The lowest BCUT2D eigenvalue weighted by Crippen LogP contribution is -1.91. The topological polar surface area (TPSA) is 22.1 Å². The average Bonchev–Trinajstić information content (AvgIpc) is 2.80. The first-order chi connectivity index (χ1) is 9.60. The Labute approximate surface area is 127 Å². The minimum Gasteiger partial charge on any atom is -0.496 e. The maximum atomic E-state index is 6.39. The van der Waals surface area contributed by atoms with Crippen molar-refractivity contribution in [3.05, 3.63) is 45.9 Å². The standard InChI is InChI=1S/C16H14ClNOS/c1-9-4-5-12(17)11(8-9)15-13(19-3)6-7-14-16(15)18-10(2)20-14/h4-8H,1-3H3. The number of halogens is 1. The number of hydrogen-bond acceptors (Lipinski definition) is 3. The van der Waals surface area contributed by atoms with Crippen molar-refractivity contribution >= 4 is 33.2 Å². The number of ether oxygens (including phenoxy) is 1. The van der Waals surface area contributed by atoms with Crippen LogP contribution in [-0.2, 0) is 0 Å². The maximum absolute atomic E-state index is 6.39. The summed E-state index contributed by atoms with van der Waals surface area (Å²) in [5.41, 5.74) is 4.07. The van der Waals surface area contributed by atoms with Crippen LogP contribution in [0.3, 0.4) is 0 Å². The molecule has 0 N–H and O–H groups in total. The van der Waals surface area contributed by atoms with Crippen molar-refractivity contribution in [3.63, 3.8) is 0 Å². The molecule has 0 radical (unpaired) electrons. The Morgan fingerprint density at radius 3 is 2.70 bits per heavy atom. The van der Waals surface area contributed by atoms with E-state index in [0.717, 1.165) is 37.7 Å². The predicted molar refractivity (Wildman–Crippen MR) is 86.1 cm³/mol. The number of aromatic nitrogens is 1. The Bertz CT molecular complexity index is 795. The molecular weight excluding hydrogens is 290 g/mol. The molecule has 102 valence electrons. The fourth-order valence-corrected chi connectivity index (χ4v) is 3.40. The third-order valence-electron chi connectivity index (χ3n) is 3.24. The first kappa shape index (κ1) is 13.4. The van der Waals surface area contributed by atoms with E-state index in [-0.39, 0.29) is 0 Å². The summed E-state index contributed by atoms with van der Waals surface area (Å²) in [6.07, 6.45) is 0. The largest absolute Gasteiger partial charge is 0.496 e. The number of hydrogen-bond donors (Lipinski definition) is 0. The number of fused-ring (bicyclic) bond motifs is 1. The zero-order chi connectivity index (χ0) is 14.3. The Kier molecular flexibility index (Phi) is 3.40. The van der Waals surface area contributed by atoms with Gasteiger partial charge in [-0.3, -0.25) is 0 Å². The summed E-state index contributed by atoms with van der Waals surface area (Å²) in [4.78, 5) is 4.65. The van der Waals surface area contributed by atoms with E-state index in [4.69, 9.17) is 16.3 Å². The molecule has 0 aliphatic rings. The van der Waals surface area contributed by atoms with Crippen LogP contribution in [0.4, 0.5) is 0 Å². The lowest BCUT2D eigenvalue weighted by Gasteiger charge is -2.11. The van der Waals surface area contributed by atoms with Crippen LogP contribution < -0.4 is 4.74 Å². The molecule has 20 heavy (non-hydrogen) atoms. The van der Waals surface area contributed by atoms with Crippen molar-refractivity contribution in [3.8, 4) is 16.9 Å². The quantitative estimate of drug-likeness (QED) is 0.645. The predicted octanol–water partition coefficient (Wildman–Crippen LogP) is 5.24. The molecule has 0 bridgehead atoms. The normalized spacial score (nSPS) is 11.0. The highest BCUT2D eigenvalue weighted by atomic mass is 35.5. The van der Waals surface area contributed by atoms with Crippen LogP contribution in [0.5, 0.6) is 5.75 Å². The van der Waals surface area contributed by atoms with Crippen LogP contribution in [0.1, 0.15) is 10.6 Å². The number of benzene rings is 2. The van der Waals surface area contributed by atoms with Crippen molar-refractivity contribution in [2.75, 3.05) is 7.11 Å². The summed E-state index contributed by atoms with van der Waals surface area (Å²) >= 11 is 8.07. The lowest BCUT2D eigenvalue weighted by atomic mass is 10.0. The monoisotopic (exact) mass is 303 g/mol. The van der Waals surface area contributed by atoms with Gasteiger partial charge in [0.2, 0.25) is 0 Å². The van der Waals surface area contributed by atoms with Gasteiger partial charge < -0.3 is 4.74 Å². The van der Waals surface area contributed by atoms with Gasteiger partial charge in [-0.2, -0.15) is 0 Å². The highest BCUT2D eigenvalue weighted by molar-refractivity contribution is 7.18. The fourth-order valence-electron chi connectivity index (χ4n) is 2.35. The molecular formula is C16H14ClNOS. The molecule has 1 aromatic heterocycles. The molecule has 2 aromatic carbocycles. The molecule has 0 unspecified atom stereocenters. The van der Waals surface area contributed by atoms with Gasteiger partial charge in [0.15, 0.2) is 0 Å². The first-order valence-corrected chi connectivity index (χ1v) is 7.50. The molecule has 0 spiro atoms. The van der Waals surface area contributed by atoms with E-state index in [1.54, 1.807) is 18.4 Å². The van der Waals surface area contributed by atoms with Crippen molar-refractivity contribution in [2.24, 2.45) is 0 Å².